The van der Waals surface area contributed by atoms with Crippen molar-refractivity contribution < 1.29 is 23.8 Å². The minimum absolute atomic E-state index is 0.258. The van der Waals surface area contributed by atoms with Gasteiger partial charge in [0.15, 0.2) is 18.3 Å². The summed E-state index contributed by atoms with van der Waals surface area (Å²) in [6.07, 6.45) is 0. The second-order valence-corrected chi connectivity index (χ2v) is 8.32. The molecule has 0 aliphatic carbocycles. The van der Waals surface area contributed by atoms with Crippen molar-refractivity contribution in [2.75, 3.05) is 25.6 Å². The molecule has 1 amide bonds. The minimum atomic E-state index is -0.616. The number of carbonyl (C=O) groups excluding carboxylic acids is 2. The van der Waals surface area contributed by atoms with Crippen molar-refractivity contribution in [3.63, 3.8) is 0 Å². The number of benzene rings is 2. The van der Waals surface area contributed by atoms with Crippen molar-refractivity contribution >= 4 is 28.3 Å². The van der Waals surface area contributed by atoms with Crippen LogP contribution in [0.15, 0.2) is 47.8 Å². The van der Waals surface area contributed by atoms with Crippen LogP contribution in [0.25, 0.3) is 11.3 Å². The lowest BCUT2D eigenvalue weighted by molar-refractivity contribution is -0.149. The largest absolute Gasteiger partial charge is 0.497 e. The molecule has 0 atom stereocenters. The van der Waals surface area contributed by atoms with E-state index in [9.17, 15) is 9.59 Å². The Balaban J connectivity index is 1.47. The second kappa shape index (κ2) is 10.8. The first kappa shape index (κ1) is 23.3. The van der Waals surface area contributed by atoms with Crippen molar-refractivity contribution in [3.8, 4) is 22.8 Å². The molecule has 0 bridgehead atoms. The van der Waals surface area contributed by atoms with E-state index in [4.69, 9.17) is 14.2 Å². The van der Waals surface area contributed by atoms with E-state index in [-0.39, 0.29) is 12.5 Å². The monoisotopic (exact) mass is 454 g/mol. The van der Waals surface area contributed by atoms with E-state index < -0.39 is 18.5 Å². The number of hydrogen-bond donors (Lipinski definition) is 1. The lowest BCUT2D eigenvalue weighted by Gasteiger charge is -2.14. The minimum Gasteiger partial charge on any atom is -0.497 e. The summed E-state index contributed by atoms with van der Waals surface area (Å²) in [5, 5.41) is 4.91. The van der Waals surface area contributed by atoms with Crippen LogP contribution in [0.5, 0.6) is 11.5 Å². The maximum Gasteiger partial charge on any atom is 0.344 e. The molecule has 8 heteroatoms. The number of ether oxygens (including phenoxy) is 3. The van der Waals surface area contributed by atoms with Crippen LogP contribution in [0.3, 0.4) is 0 Å². The van der Waals surface area contributed by atoms with Crippen LogP contribution in [0, 0.1) is 6.92 Å². The van der Waals surface area contributed by atoms with E-state index in [1.54, 1.807) is 7.11 Å². The van der Waals surface area contributed by atoms with Gasteiger partial charge in [0, 0.05) is 10.9 Å². The molecule has 0 radical (unpaired) electrons. The molecular formula is C24H26N2O5S. The van der Waals surface area contributed by atoms with Crippen LogP contribution in [0.2, 0.25) is 0 Å². The van der Waals surface area contributed by atoms with E-state index in [0.717, 1.165) is 28.1 Å². The third-order valence-corrected chi connectivity index (χ3v) is 5.39. The molecule has 0 fully saturated rings. The molecule has 1 heterocycles. The Morgan fingerprint density at radius 3 is 2.53 bits per heavy atom. The molecule has 32 heavy (non-hydrogen) atoms. The van der Waals surface area contributed by atoms with Gasteiger partial charge < -0.3 is 14.2 Å². The van der Waals surface area contributed by atoms with Gasteiger partial charge in [0.2, 0.25) is 0 Å². The van der Waals surface area contributed by atoms with E-state index in [2.05, 4.69) is 24.1 Å². The molecule has 7 nitrogen and oxygen atoms in total. The molecular weight excluding hydrogens is 428 g/mol. The van der Waals surface area contributed by atoms with Gasteiger partial charge in [-0.2, -0.15) is 0 Å². The number of nitrogens with one attached hydrogen (secondary N) is 1. The highest BCUT2D eigenvalue weighted by molar-refractivity contribution is 7.14. The van der Waals surface area contributed by atoms with Gasteiger partial charge >= 0.3 is 5.97 Å². The Morgan fingerprint density at radius 1 is 1.09 bits per heavy atom. The lowest BCUT2D eigenvalue weighted by atomic mass is 10.0. The van der Waals surface area contributed by atoms with Crippen LogP contribution in [-0.2, 0) is 14.3 Å². The molecule has 0 saturated carbocycles. The van der Waals surface area contributed by atoms with E-state index in [1.165, 1.54) is 11.3 Å². The SMILES string of the molecule is COc1ccc(-c2csc(NC(=O)COC(=O)COc3cc(C)ccc3C(C)C)n2)cc1. The van der Waals surface area contributed by atoms with Gasteiger partial charge in [0.05, 0.1) is 12.8 Å². The highest BCUT2D eigenvalue weighted by Gasteiger charge is 2.14. The average molecular weight is 455 g/mol. The molecule has 0 unspecified atom stereocenters. The number of rotatable bonds is 9. The number of aryl methyl sites for hydroxylation is 1. The molecule has 0 aliphatic heterocycles. The second-order valence-electron chi connectivity index (χ2n) is 7.46. The van der Waals surface area contributed by atoms with E-state index >= 15 is 0 Å². The van der Waals surface area contributed by atoms with Crippen molar-refractivity contribution in [3.05, 3.63) is 59.0 Å². The summed E-state index contributed by atoms with van der Waals surface area (Å²) in [4.78, 5) is 28.6. The summed E-state index contributed by atoms with van der Waals surface area (Å²) in [7, 11) is 1.61. The van der Waals surface area contributed by atoms with Crippen molar-refractivity contribution in [1.82, 2.24) is 4.98 Å². The van der Waals surface area contributed by atoms with Gasteiger partial charge in [-0.15, -0.1) is 11.3 Å². The van der Waals surface area contributed by atoms with Crippen LogP contribution in [0.1, 0.15) is 30.9 Å². The molecule has 2 aromatic carbocycles. The van der Waals surface area contributed by atoms with E-state index in [0.29, 0.717) is 10.9 Å². The number of thiazole rings is 1. The summed E-state index contributed by atoms with van der Waals surface area (Å²) in [5.41, 5.74) is 3.69. The first-order valence-corrected chi connectivity index (χ1v) is 11.0. The molecule has 3 rings (SSSR count). The van der Waals surface area contributed by atoms with Crippen molar-refractivity contribution in [1.29, 1.82) is 0 Å². The van der Waals surface area contributed by atoms with Crippen LogP contribution in [0.4, 0.5) is 5.13 Å². The number of aromatic nitrogens is 1. The fourth-order valence-electron chi connectivity index (χ4n) is 2.95. The highest BCUT2D eigenvalue weighted by atomic mass is 32.1. The summed E-state index contributed by atoms with van der Waals surface area (Å²) in [6, 6.07) is 13.3. The Morgan fingerprint density at radius 2 is 1.84 bits per heavy atom. The van der Waals surface area contributed by atoms with Gasteiger partial charge in [-0.1, -0.05) is 26.0 Å². The van der Waals surface area contributed by atoms with Gasteiger partial charge in [-0.3, -0.25) is 10.1 Å². The maximum absolute atomic E-state index is 12.1. The molecule has 0 spiro atoms. The Hall–Kier alpha value is -3.39. The Kier molecular flexibility index (Phi) is 7.83. The zero-order valence-corrected chi connectivity index (χ0v) is 19.3. The first-order chi connectivity index (χ1) is 15.4. The molecule has 1 N–H and O–H groups in total. The standard InChI is InChI=1S/C24H26N2O5S/c1-15(2)19-10-5-16(3)11-21(19)30-13-23(28)31-12-22(27)26-24-25-20(14-32-24)17-6-8-18(29-4)9-7-17/h5-11,14-15H,12-13H2,1-4H3,(H,25,26,27). The molecule has 3 aromatic rings. The average Bonchev–Trinajstić information content (AvgIpc) is 3.24. The van der Waals surface area contributed by atoms with Crippen molar-refractivity contribution in [2.45, 2.75) is 26.7 Å². The third kappa shape index (κ3) is 6.31. The Bertz CT molecular complexity index is 1080. The lowest BCUT2D eigenvalue weighted by Crippen LogP contribution is -2.23. The quantitative estimate of drug-likeness (QED) is 0.467. The fraction of sp³-hybridized carbons (Fsp3) is 0.292. The van der Waals surface area contributed by atoms with Gasteiger partial charge in [0.1, 0.15) is 11.5 Å². The number of carbonyl (C=O) groups is 2. The van der Waals surface area contributed by atoms with Crippen molar-refractivity contribution in [2.24, 2.45) is 0 Å². The third-order valence-electron chi connectivity index (χ3n) is 4.64. The topological polar surface area (TPSA) is 86.8 Å². The Labute approximate surface area is 191 Å². The maximum atomic E-state index is 12.1. The predicted molar refractivity (Wildman–Crippen MR) is 124 cm³/mol. The molecule has 1 aromatic heterocycles. The summed E-state index contributed by atoms with van der Waals surface area (Å²) in [6.45, 7) is 5.38. The zero-order chi connectivity index (χ0) is 23.1. The van der Waals surface area contributed by atoms with Crippen LogP contribution < -0.4 is 14.8 Å². The van der Waals surface area contributed by atoms with E-state index in [1.807, 2.05) is 54.8 Å². The van der Waals surface area contributed by atoms with Gasteiger partial charge in [-0.05, 0) is 54.3 Å². The molecule has 0 aliphatic rings. The fourth-order valence-corrected chi connectivity index (χ4v) is 3.68. The summed E-state index contributed by atoms with van der Waals surface area (Å²) >= 11 is 1.29. The number of anilines is 1. The number of esters is 1. The molecule has 168 valence electrons. The number of hydrogen-bond acceptors (Lipinski definition) is 7. The zero-order valence-electron chi connectivity index (χ0n) is 18.5. The van der Waals surface area contributed by atoms with Crippen LogP contribution >= 0.6 is 11.3 Å². The summed E-state index contributed by atoms with van der Waals surface area (Å²) < 4.78 is 15.8. The van der Waals surface area contributed by atoms with Gasteiger partial charge in [0.25, 0.3) is 5.91 Å². The number of nitrogens with zero attached hydrogens (tertiary/aromatic N) is 1. The summed E-state index contributed by atoms with van der Waals surface area (Å²) in [5.74, 6) is 0.580. The smallest absolute Gasteiger partial charge is 0.344 e. The normalized spacial score (nSPS) is 10.7. The number of methoxy groups -OCH3 is 1. The molecule has 0 saturated heterocycles. The van der Waals surface area contributed by atoms with Crippen LogP contribution in [-0.4, -0.2) is 37.2 Å². The number of amides is 1. The predicted octanol–water partition coefficient (Wildman–Crippen LogP) is 4.81. The first-order valence-electron chi connectivity index (χ1n) is 10.1. The highest BCUT2D eigenvalue weighted by Crippen LogP contribution is 2.28. The van der Waals surface area contributed by atoms with Gasteiger partial charge in [-0.25, -0.2) is 9.78 Å².